The Labute approximate surface area is 118 Å². The molecule has 1 aromatic rings. The third kappa shape index (κ3) is 3.58. The number of anilines is 1. The summed E-state index contributed by atoms with van der Waals surface area (Å²) in [6.45, 7) is 5.62. The second-order valence-corrected chi connectivity index (χ2v) is 5.06. The molecule has 104 valence electrons. The van der Waals surface area contributed by atoms with E-state index in [4.69, 9.17) is 11.6 Å². The predicted octanol–water partition coefficient (Wildman–Crippen LogP) is 1.44. The van der Waals surface area contributed by atoms with Crippen molar-refractivity contribution in [1.82, 2.24) is 14.8 Å². The lowest BCUT2D eigenvalue weighted by molar-refractivity contribution is -0.130. The largest absolute Gasteiger partial charge is 0.373 e. The summed E-state index contributed by atoms with van der Waals surface area (Å²) in [5.41, 5.74) is 0.879. The van der Waals surface area contributed by atoms with Gasteiger partial charge in [-0.15, -0.1) is 0 Å². The summed E-state index contributed by atoms with van der Waals surface area (Å²) in [6.07, 6.45) is 0. The van der Waals surface area contributed by atoms with Crippen LogP contribution in [-0.2, 0) is 11.3 Å². The van der Waals surface area contributed by atoms with E-state index in [2.05, 4.69) is 15.2 Å². The van der Waals surface area contributed by atoms with Crippen LogP contribution in [0.25, 0.3) is 0 Å². The number of piperazine rings is 1. The van der Waals surface area contributed by atoms with Crippen molar-refractivity contribution >= 4 is 23.3 Å². The molecule has 1 aliphatic rings. The zero-order valence-corrected chi connectivity index (χ0v) is 12.1. The van der Waals surface area contributed by atoms with E-state index in [-0.39, 0.29) is 5.91 Å². The van der Waals surface area contributed by atoms with Gasteiger partial charge in [-0.25, -0.2) is 4.98 Å². The fourth-order valence-corrected chi connectivity index (χ4v) is 2.33. The number of nitrogens with zero attached hydrogens (tertiary/aromatic N) is 3. The molecule has 0 spiro atoms. The molecule has 1 aromatic heterocycles. The van der Waals surface area contributed by atoms with Crippen molar-refractivity contribution in [3.05, 3.63) is 22.8 Å². The molecule has 1 amide bonds. The van der Waals surface area contributed by atoms with Crippen LogP contribution in [0.1, 0.15) is 12.6 Å². The highest BCUT2D eigenvalue weighted by Crippen LogP contribution is 2.19. The number of nitrogens with one attached hydrogen (secondary N) is 1. The van der Waals surface area contributed by atoms with Crippen LogP contribution in [0.4, 0.5) is 5.82 Å². The van der Waals surface area contributed by atoms with Gasteiger partial charge >= 0.3 is 0 Å². The molecule has 2 rings (SSSR count). The maximum absolute atomic E-state index is 11.3. The van der Waals surface area contributed by atoms with Crippen LogP contribution in [0, 0.1) is 0 Å². The quantitative estimate of drug-likeness (QED) is 0.911. The zero-order chi connectivity index (χ0) is 13.8. The molecule has 2 heterocycles. The minimum absolute atomic E-state index is 0.146. The Morgan fingerprint density at radius 2 is 2.05 bits per heavy atom. The molecule has 0 aromatic carbocycles. The summed E-state index contributed by atoms with van der Waals surface area (Å²) in [4.78, 5) is 19.9. The van der Waals surface area contributed by atoms with Crippen LogP contribution < -0.4 is 5.32 Å². The molecule has 1 aliphatic heterocycles. The molecule has 1 N–H and O–H groups in total. The van der Waals surface area contributed by atoms with Crippen molar-refractivity contribution in [3.63, 3.8) is 0 Å². The Morgan fingerprint density at radius 3 is 2.63 bits per heavy atom. The topological polar surface area (TPSA) is 48.5 Å². The SMILES string of the molecule is CNc1ccc(Cl)c(CN2CCN(C(C)=O)CC2)n1. The van der Waals surface area contributed by atoms with Crippen LogP contribution >= 0.6 is 11.6 Å². The summed E-state index contributed by atoms with van der Waals surface area (Å²) < 4.78 is 0. The smallest absolute Gasteiger partial charge is 0.219 e. The molecule has 1 fully saturated rings. The third-order valence-corrected chi connectivity index (χ3v) is 3.71. The number of hydrogen-bond donors (Lipinski definition) is 1. The number of rotatable bonds is 3. The highest BCUT2D eigenvalue weighted by Gasteiger charge is 2.19. The van der Waals surface area contributed by atoms with Gasteiger partial charge in [0.25, 0.3) is 0 Å². The van der Waals surface area contributed by atoms with E-state index in [0.29, 0.717) is 5.02 Å². The van der Waals surface area contributed by atoms with E-state index in [1.165, 1.54) is 0 Å². The number of hydrogen-bond acceptors (Lipinski definition) is 4. The first-order valence-electron chi connectivity index (χ1n) is 6.41. The Balaban J connectivity index is 1.97. The van der Waals surface area contributed by atoms with E-state index in [1.54, 1.807) is 6.92 Å². The molecule has 6 heteroatoms. The van der Waals surface area contributed by atoms with Crippen LogP contribution in [0.2, 0.25) is 5.02 Å². The average molecular weight is 283 g/mol. The highest BCUT2D eigenvalue weighted by atomic mass is 35.5. The lowest BCUT2D eigenvalue weighted by atomic mass is 10.2. The van der Waals surface area contributed by atoms with Crippen molar-refractivity contribution in [2.45, 2.75) is 13.5 Å². The first-order chi connectivity index (χ1) is 9.10. The molecule has 19 heavy (non-hydrogen) atoms. The van der Waals surface area contributed by atoms with Crippen molar-refractivity contribution in [1.29, 1.82) is 0 Å². The Morgan fingerprint density at radius 1 is 1.37 bits per heavy atom. The molecular formula is C13H19ClN4O. The molecule has 0 radical (unpaired) electrons. The van der Waals surface area contributed by atoms with E-state index >= 15 is 0 Å². The number of carbonyl (C=O) groups is 1. The minimum atomic E-state index is 0.146. The molecule has 1 saturated heterocycles. The Kier molecular flexibility index (Phi) is 4.61. The van der Waals surface area contributed by atoms with Gasteiger partial charge in [0, 0.05) is 46.7 Å². The van der Waals surface area contributed by atoms with Crippen LogP contribution in [0.5, 0.6) is 0 Å². The summed E-state index contributed by atoms with van der Waals surface area (Å²) in [6, 6.07) is 3.72. The van der Waals surface area contributed by atoms with Crippen molar-refractivity contribution < 1.29 is 4.79 Å². The van der Waals surface area contributed by atoms with Gasteiger partial charge in [-0.2, -0.15) is 0 Å². The number of carbonyl (C=O) groups excluding carboxylic acids is 1. The predicted molar refractivity (Wildman–Crippen MR) is 76.3 cm³/mol. The van der Waals surface area contributed by atoms with Crippen LogP contribution in [0.3, 0.4) is 0 Å². The first-order valence-corrected chi connectivity index (χ1v) is 6.79. The lowest BCUT2D eigenvalue weighted by Gasteiger charge is -2.34. The van der Waals surface area contributed by atoms with E-state index in [1.807, 2.05) is 24.1 Å². The zero-order valence-electron chi connectivity index (χ0n) is 11.3. The molecule has 5 nitrogen and oxygen atoms in total. The van der Waals surface area contributed by atoms with E-state index in [9.17, 15) is 4.79 Å². The summed E-state index contributed by atoms with van der Waals surface area (Å²) >= 11 is 6.17. The fraction of sp³-hybridized carbons (Fsp3) is 0.538. The van der Waals surface area contributed by atoms with Gasteiger partial charge in [-0.1, -0.05) is 11.6 Å². The molecule has 0 aliphatic carbocycles. The highest BCUT2D eigenvalue weighted by molar-refractivity contribution is 6.31. The normalized spacial score (nSPS) is 16.5. The number of pyridine rings is 1. The standard InChI is InChI=1S/C13H19ClN4O/c1-10(19)18-7-5-17(6-8-18)9-12-11(14)3-4-13(15-2)16-12/h3-4H,5-9H2,1-2H3,(H,15,16). The maximum atomic E-state index is 11.3. The van der Waals surface area contributed by atoms with Crippen LogP contribution in [-0.4, -0.2) is 53.9 Å². The number of aromatic nitrogens is 1. The molecule has 0 atom stereocenters. The van der Waals surface area contributed by atoms with Gasteiger partial charge in [0.05, 0.1) is 10.7 Å². The van der Waals surface area contributed by atoms with E-state index < -0.39 is 0 Å². The van der Waals surface area contributed by atoms with Crippen molar-refractivity contribution in [3.8, 4) is 0 Å². The number of amides is 1. The second kappa shape index (κ2) is 6.21. The van der Waals surface area contributed by atoms with Crippen LogP contribution in [0.15, 0.2) is 12.1 Å². The lowest BCUT2D eigenvalue weighted by Crippen LogP contribution is -2.47. The second-order valence-electron chi connectivity index (χ2n) is 4.66. The summed E-state index contributed by atoms with van der Waals surface area (Å²) in [5.74, 6) is 0.967. The first kappa shape index (κ1) is 14.1. The molecule has 0 bridgehead atoms. The Bertz CT molecular complexity index is 458. The Hall–Kier alpha value is -1.33. The molecular weight excluding hydrogens is 264 g/mol. The van der Waals surface area contributed by atoms with Crippen molar-refractivity contribution in [2.75, 3.05) is 38.5 Å². The van der Waals surface area contributed by atoms with Gasteiger partial charge in [-0.05, 0) is 12.1 Å². The number of halogens is 1. The summed E-state index contributed by atoms with van der Waals surface area (Å²) in [5, 5.41) is 3.70. The fourth-order valence-electron chi connectivity index (χ4n) is 2.17. The molecule has 0 saturated carbocycles. The van der Waals surface area contributed by atoms with Gasteiger partial charge < -0.3 is 10.2 Å². The van der Waals surface area contributed by atoms with Crippen molar-refractivity contribution in [2.24, 2.45) is 0 Å². The third-order valence-electron chi connectivity index (χ3n) is 3.37. The monoisotopic (exact) mass is 282 g/mol. The maximum Gasteiger partial charge on any atom is 0.219 e. The van der Waals surface area contributed by atoms with Gasteiger partial charge in [0.1, 0.15) is 5.82 Å². The van der Waals surface area contributed by atoms with Gasteiger partial charge in [0.15, 0.2) is 0 Å². The van der Waals surface area contributed by atoms with Gasteiger partial charge in [-0.3, -0.25) is 9.69 Å². The van der Waals surface area contributed by atoms with E-state index in [0.717, 1.165) is 44.2 Å². The minimum Gasteiger partial charge on any atom is -0.373 e. The molecule has 0 unspecified atom stereocenters. The summed E-state index contributed by atoms with van der Waals surface area (Å²) in [7, 11) is 1.84. The average Bonchev–Trinajstić information content (AvgIpc) is 2.42. The van der Waals surface area contributed by atoms with Gasteiger partial charge in [0.2, 0.25) is 5.91 Å².